The summed E-state index contributed by atoms with van der Waals surface area (Å²) in [5.41, 5.74) is 2.32. The summed E-state index contributed by atoms with van der Waals surface area (Å²) in [6.45, 7) is 12.0. The third kappa shape index (κ3) is 4.41. The number of aromatic nitrogens is 2. The maximum absolute atomic E-state index is 11.9. The largest absolute Gasteiger partial charge is 0.450 e. The molecule has 1 amide bonds. The standard InChI is InChI=1S/C22H33N5O2/c1-3-27-20-10-6-5-9-19(20)23-21(27)17-24-11-7-8-18(16-24)25-12-14-26(15-13-25)22(28)29-4-2/h5-6,9-10,18H,3-4,7-8,11-17H2,1-2H3. The average Bonchev–Trinajstić information content (AvgIpc) is 3.11. The van der Waals surface area contributed by atoms with E-state index in [4.69, 9.17) is 9.72 Å². The third-order valence-corrected chi connectivity index (χ3v) is 6.25. The van der Waals surface area contributed by atoms with E-state index in [1.54, 1.807) is 0 Å². The van der Waals surface area contributed by atoms with Crippen LogP contribution in [0, 0.1) is 0 Å². The summed E-state index contributed by atoms with van der Waals surface area (Å²) in [7, 11) is 0. The number of rotatable bonds is 5. The quantitative estimate of drug-likeness (QED) is 0.774. The maximum Gasteiger partial charge on any atom is 0.409 e. The highest BCUT2D eigenvalue weighted by Crippen LogP contribution is 2.22. The van der Waals surface area contributed by atoms with Crippen LogP contribution in [0.25, 0.3) is 11.0 Å². The summed E-state index contributed by atoms with van der Waals surface area (Å²) in [5.74, 6) is 1.17. The van der Waals surface area contributed by atoms with Crippen molar-refractivity contribution in [2.24, 2.45) is 0 Å². The molecule has 1 aromatic heterocycles. The molecule has 7 heteroatoms. The highest BCUT2D eigenvalue weighted by Gasteiger charge is 2.30. The summed E-state index contributed by atoms with van der Waals surface area (Å²) in [5, 5.41) is 0. The van der Waals surface area contributed by atoms with Crippen molar-refractivity contribution in [1.82, 2.24) is 24.3 Å². The van der Waals surface area contributed by atoms with E-state index >= 15 is 0 Å². The Morgan fingerprint density at radius 2 is 1.93 bits per heavy atom. The number of hydrogen-bond donors (Lipinski definition) is 0. The first-order valence-corrected chi connectivity index (χ1v) is 11.0. The lowest BCUT2D eigenvalue weighted by Crippen LogP contribution is -2.55. The van der Waals surface area contributed by atoms with Gasteiger partial charge >= 0.3 is 6.09 Å². The molecule has 0 spiro atoms. The van der Waals surface area contributed by atoms with E-state index in [0.717, 1.165) is 57.9 Å². The monoisotopic (exact) mass is 399 g/mol. The zero-order chi connectivity index (χ0) is 20.2. The van der Waals surface area contributed by atoms with Crippen LogP contribution in [0.15, 0.2) is 24.3 Å². The molecule has 0 radical (unpaired) electrons. The van der Waals surface area contributed by atoms with Crippen molar-refractivity contribution in [2.75, 3.05) is 45.9 Å². The Kier molecular flexibility index (Phi) is 6.35. The number of fused-ring (bicyclic) bond motifs is 1. The Morgan fingerprint density at radius 1 is 1.14 bits per heavy atom. The normalized spacial score (nSPS) is 21.6. The van der Waals surface area contributed by atoms with Crippen LogP contribution in [0.5, 0.6) is 0 Å². The van der Waals surface area contributed by atoms with E-state index in [9.17, 15) is 4.79 Å². The maximum atomic E-state index is 11.9. The molecule has 0 saturated carbocycles. The first-order valence-electron chi connectivity index (χ1n) is 11.0. The molecular weight excluding hydrogens is 366 g/mol. The zero-order valence-electron chi connectivity index (χ0n) is 17.7. The molecule has 2 aliphatic heterocycles. The fourth-order valence-electron chi connectivity index (χ4n) is 4.76. The number of hydrogen-bond acceptors (Lipinski definition) is 5. The lowest BCUT2D eigenvalue weighted by molar-refractivity contribution is 0.0405. The van der Waals surface area contributed by atoms with E-state index in [2.05, 4.69) is 45.6 Å². The summed E-state index contributed by atoms with van der Waals surface area (Å²) in [6.07, 6.45) is 2.28. The lowest BCUT2D eigenvalue weighted by atomic mass is 10.0. The van der Waals surface area contributed by atoms with Crippen LogP contribution in [-0.4, -0.2) is 82.3 Å². The Labute approximate surface area is 173 Å². The number of para-hydroxylation sites is 2. The van der Waals surface area contributed by atoms with Gasteiger partial charge in [0.25, 0.3) is 0 Å². The van der Waals surface area contributed by atoms with Crippen molar-refractivity contribution in [3.8, 4) is 0 Å². The number of piperidine rings is 1. The summed E-state index contributed by atoms with van der Waals surface area (Å²) < 4.78 is 7.49. The molecule has 0 N–H and O–H groups in total. The van der Waals surface area contributed by atoms with Gasteiger partial charge in [0, 0.05) is 45.3 Å². The molecule has 2 aliphatic rings. The summed E-state index contributed by atoms with van der Waals surface area (Å²) >= 11 is 0. The van der Waals surface area contributed by atoms with Gasteiger partial charge in [-0.3, -0.25) is 9.80 Å². The van der Waals surface area contributed by atoms with Crippen molar-refractivity contribution in [3.63, 3.8) is 0 Å². The van der Waals surface area contributed by atoms with Gasteiger partial charge in [-0.25, -0.2) is 9.78 Å². The van der Waals surface area contributed by atoms with Crippen molar-refractivity contribution in [2.45, 2.75) is 45.8 Å². The molecule has 1 atom stereocenters. The number of carbonyl (C=O) groups is 1. The number of amides is 1. The van der Waals surface area contributed by atoms with E-state index in [0.29, 0.717) is 12.6 Å². The molecule has 29 heavy (non-hydrogen) atoms. The minimum absolute atomic E-state index is 0.170. The number of likely N-dealkylation sites (tertiary alicyclic amines) is 1. The second-order valence-electron chi connectivity index (χ2n) is 8.01. The van der Waals surface area contributed by atoms with Crippen LogP contribution in [0.3, 0.4) is 0 Å². The number of imidazole rings is 1. The van der Waals surface area contributed by atoms with E-state index in [-0.39, 0.29) is 6.09 Å². The van der Waals surface area contributed by atoms with Crippen LogP contribution < -0.4 is 0 Å². The smallest absolute Gasteiger partial charge is 0.409 e. The van der Waals surface area contributed by atoms with Crippen LogP contribution in [0.2, 0.25) is 0 Å². The van der Waals surface area contributed by atoms with Crippen molar-refractivity contribution < 1.29 is 9.53 Å². The van der Waals surface area contributed by atoms with Crippen LogP contribution >= 0.6 is 0 Å². The zero-order valence-corrected chi connectivity index (χ0v) is 17.7. The topological polar surface area (TPSA) is 53.8 Å². The molecular formula is C22H33N5O2. The van der Waals surface area contributed by atoms with Crippen LogP contribution in [-0.2, 0) is 17.8 Å². The number of nitrogens with zero attached hydrogens (tertiary/aromatic N) is 5. The molecule has 2 aromatic rings. The molecule has 1 unspecified atom stereocenters. The first kappa shape index (κ1) is 20.2. The number of piperazine rings is 1. The van der Waals surface area contributed by atoms with Crippen molar-refractivity contribution in [3.05, 3.63) is 30.1 Å². The fourth-order valence-corrected chi connectivity index (χ4v) is 4.76. The predicted octanol–water partition coefficient (Wildman–Crippen LogP) is 2.79. The first-order chi connectivity index (χ1) is 14.2. The van der Waals surface area contributed by atoms with E-state index in [1.165, 1.54) is 24.2 Å². The lowest BCUT2D eigenvalue weighted by Gasteiger charge is -2.43. The molecule has 2 saturated heterocycles. The van der Waals surface area contributed by atoms with Gasteiger partial charge in [-0.05, 0) is 45.4 Å². The number of benzene rings is 1. The molecule has 158 valence electrons. The summed E-state index contributed by atoms with van der Waals surface area (Å²) in [4.78, 5) is 23.8. The number of aryl methyl sites for hydroxylation is 1. The number of carbonyl (C=O) groups excluding carboxylic acids is 1. The highest BCUT2D eigenvalue weighted by atomic mass is 16.6. The molecule has 0 aliphatic carbocycles. The van der Waals surface area contributed by atoms with Gasteiger partial charge in [0.2, 0.25) is 0 Å². The van der Waals surface area contributed by atoms with Gasteiger partial charge in [-0.2, -0.15) is 0 Å². The van der Waals surface area contributed by atoms with Crippen LogP contribution in [0.4, 0.5) is 4.79 Å². The summed E-state index contributed by atoms with van der Waals surface area (Å²) in [6, 6.07) is 8.98. The van der Waals surface area contributed by atoms with Gasteiger partial charge in [0.15, 0.2) is 0 Å². The Bertz CT molecular complexity index is 828. The van der Waals surface area contributed by atoms with Crippen molar-refractivity contribution >= 4 is 17.1 Å². The molecule has 3 heterocycles. The van der Waals surface area contributed by atoms with Gasteiger partial charge in [0.05, 0.1) is 24.2 Å². The van der Waals surface area contributed by atoms with Crippen LogP contribution in [0.1, 0.15) is 32.5 Å². The Balaban J connectivity index is 1.37. The van der Waals surface area contributed by atoms with E-state index < -0.39 is 0 Å². The minimum atomic E-state index is -0.170. The fraction of sp³-hybridized carbons (Fsp3) is 0.636. The second kappa shape index (κ2) is 9.13. The van der Waals surface area contributed by atoms with Crippen molar-refractivity contribution in [1.29, 1.82) is 0 Å². The molecule has 2 fully saturated rings. The second-order valence-corrected chi connectivity index (χ2v) is 8.01. The predicted molar refractivity (Wildman–Crippen MR) is 114 cm³/mol. The van der Waals surface area contributed by atoms with Gasteiger partial charge in [-0.15, -0.1) is 0 Å². The molecule has 4 rings (SSSR count). The van der Waals surface area contributed by atoms with Gasteiger partial charge in [0.1, 0.15) is 5.82 Å². The Morgan fingerprint density at radius 3 is 2.69 bits per heavy atom. The van der Waals surface area contributed by atoms with Gasteiger partial charge in [-0.1, -0.05) is 12.1 Å². The highest BCUT2D eigenvalue weighted by molar-refractivity contribution is 5.75. The third-order valence-electron chi connectivity index (χ3n) is 6.25. The molecule has 0 bridgehead atoms. The minimum Gasteiger partial charge on any atom is -0.450 e. The molecule has 1 aromatic carbocycles. The molecule has 7 nitrogen and oxygen atoms in total. The SMILES string of the molecule is CCOC(=O)N1CCN(C2CCCN(Cc3nc4ccccc4n3CC)C2)CC1. The van der Waals surface area contributed by atoms with Gasteiger partial charge < -0.3 is 14.2 Å². The number of ether oxygens (including phenoxy) is 1. The average molecular weight is 400 g/mol. The van der Waals surface area contributed by atoms with E-state index in [1.807, 2.05) is 11.8 Å². The Hall–Kier alpha value is -2.12.